The van der Waals surface area contributed by atoms with E-state index in [1.807, 2.05) is 0 Å². The van der Waals surface area contributed by atoms with Crippen LogP contribution in [-0.4, -0.2) is 60.6 Å². The van der Waals surface area contributed by atoms with Gasteiger partial charge in [-0.15, -0.1) is 0 Å². The van der Waals surface area contributed by atoms with E-state index in [0.29, 0.717) is 12.1 Å². The van der Waals surface area contributed by atoms with Crippen LogP contribution < -0.4 is 5.32 Å². The SMILES string of the molecule is CCC(CC)NCC(C)N1CCCN2CCCC2C1. The highest BCUT2D eigenvalue weighted by molar-refractivity contribution is 4.87. The van der Waals surface area contributed by atoms with Gasteiger partial charge in [0.25, 0.3) is 0 Å². The molecule has 1 N–H and O–H groups in total. The zero-order valence-electron chi connectivity index (χ0n) is 13.2. The lowest BCUT2D eigenvalue weighted by molar-refractivity contribution is 0.175. The molecule has 0 aromatic heterocycles. The molecule has 2 heterocycles. The van der Waals surface area contributed by atoms with Crippen molar-refractivity contribution in [3.05, 3.63) is 0 Å². The van der Waals surface area contributed by atoms with Crippen LogP contribution in [0.1, 0.15) is 52.9 Å². The van der Waals surface area contributed by atoms with Crippen LogP contribution >= 0.6 is 0 Å². The predicted octanol–water partition coefficient (Wildman–Crippen LogP) is 2.32. The molecule has 112 valence electrons. The Hall–Kier alpha value is -0.120. The lowest BCUT2D eigenvalue weighted by atomic mass is 10.1. The Kier molecular flexibility index (Phi) is 6.11. The molecule has 19 heavy (non-hydrogen) atoms. The summed E-state index contributed by atoms with van der Waals surface area (Å²) in [4.78, 5) is 5.45. The summed E-state index contributed by atoms with van der Waals surface area (Å²) in [5.74, 6) is 0. The monoisotopic (exact) mass is 267 g/mol. The maximum absolute atomic E-state index is 3.74. The van der Waals surface area contributed by atoms with Crippen molar-refractivity contribution in [2.45, 2.75) is 71.0 Å². The predicted molar refractivity (Wildman–Crippen MR) is 82.6 cm³/mol. The Balaban J connectivity index is 1.79. The maximum Gasteiger partial charge on any atom is 0.0223 e. The third-order valence-electron chi connectivity index (χ3n) is 5.15. The molecule has 0 aliphatic carbocycles. The van der Waals surface area contributed by atoms with Crippen molar-refractivity contribution in [3.63, 3.8) is 0 Å². The average molecular weight is 267 g/mol. The molecule has 2 unspecified atom stereocenters. The lowest BCUT2D eigenvalue weighted by Crippen LogP contribution is -2.46. The number of nitrogens with zero attached hydrogens (tertiary/aromatic N) is 2. The second-order valence-electron chi connectivity index (χ2n) is 6.45. The minimum absolute atomic E-state index is 0.682. The van der Waals surface area contributed by atoms with Crippen molar-refractivity contribution >= 4 is 0 Å². The van der Waals surface area contributed by atoms with E-state index in [4.69, 9.17) is 0 Å². The Morgan fingerprint density at radius 1 is 1.11 bits per heavy atom. The van der Waals surface area contributed by atoms with Crippen LogP contribution in [0.25, 0.3) is 0 Å². The molecule has 0 saturated carbocycles. The third kappa shape index (κ3) is 4.17. The third-order valence-corrected chi connectivity index (χ3v) is 5.15. The molecule has 2 aliphatic rings. The summed E-state index contributed by atoms with van der Waals surface area (Å²) in [7, 11) is 0. The first-order valence-electron chi connectivity index (χ1n) is 8.46. The summed E-state index contributed by atoms with van der Waals surface area (Å²) >= 11 is 0. The smallest absolute Gasteiger partial charge is 0.0223 e. The highest BCUT2D eigenvalue weighted by Gasteiger charge is 2.30. The molecular weight excluding hydrogens is 234 g/mol. The van der Waals surface area contributed by atoms with Crippen LogP contribution in [0, 0.1) is 0 Å². The van der Waals surface area contributed by atoms with Gasteiger partial charge in [-0.2, -0.15) is 0 Å². The summed E-state index contributed by atoms with van der Waals surface area (Å²) in [6, 6.07) is 2.23. The summed E-state index contributed by atoms with van der Waals surface area (Å²) in [5, 5.41) is 3.74. The molecule has 0 amide bonds. The molecule has 0 spiro atoms. The van der Waals surface area contributed by atoms with Gasteiger partial charge in [0.2, 0.25) is 0 Å². The van der Waals surface area contributed by atoms with E-state index in [-0.39, 0.29) is 0 Å². The Morgan fingerprint density at radius 2 is 1.84 bits per heavy atom. The molecule has 2 aliphatic heterocycles. The zero-order chi connectivity index (χ0) is 13.7. The lowest BCUT2D eigenvalue weighted by Gasteiger charge is -2.31. The molecule has 3 heteroatoms. The molecule has 2 saturated heterocycles. The number of hydrogen-bond donors (Lipinski definition) is 1. The van der Waals surface area contributed by atoms with Crippen LogP contribution in [0.5, 0.6) is 0 Å². The number of nitrogens with one attached hydrogen (secondary N) is 1. The second kappa shape index (κ2) is 7.61. The van der Waals surface area contributed by atoms with Gasteiger partial charge in [-0.3, -0.25) is 9.80 Å². The summed E-state index contributed by atoms with van der Waals surface area (Å²) in [5.41, 5.74) is 0. The molecule has 2 fully saturated rings. The maximum atomic E-state index is 3.74. The highest BCUT2D eigenvalue weighted by atomic mass is 15.3. The van der Waals surface area contributed by atoms with Crippen LogP contribution in [0.3, 0.4) is 0 Å². The van der Waals surface area contributed by atoms with E-state index >= 15 is 0 Å². The van der Waals surface area contributed by atoms with Gasteiger partial charge in [0.15, 0.2) is 0 Å². The molecule has 2 rings (SSSR count). The number of hydrogen-bond acceptors (Lipinski definition) is 3. The first-order valence-corrected chi connectivity index (χ1v) is 8.46. The fraction of sp³-hybridized carbons (Fsp3) is 1.00. The van der Waals surface area contributed by atoms with Gasteiger partial charge in [0, 0.05) is 31.2 Å². The van der Waals surface area contributed by atoms with Gasteiger partial charge in [-0.1, -0.05) is 13.8 Å². The summed E-state index contributed by atoms with van der Waals surface area (Å²) < 4.78 is 0. The van der Waals surface area contributed by atoms with Gasteiger partial charge in [-0.05, 0) is 58.7 Å². The van der Waals surface area contributed by atoms with E-state index < -0.39 is 0 Å². The van der Waals surface area contributed by atoms with Crippen LogP contribution in [0.15, 0.2) is 0 Å². The average Bonchev–Trinajstić information content (AvgIpc) is 2.76. The van der Waals surface area contributed by atoms with E-state index in [2.05, 4.69) is 35.9 Å². The zero-order valence-corrected chi connectivity index (χ0v) is 13.2. The van der Waals surface area contributed by atoms with E-state index in [9.17, 15) is 0 Å². The normalized spacial score (nSPS) is 27.5. The largest absolute Gasteiger partial charge is 0.312 e. The van der Waals surface area contributed by atoms with Gasteiger partial charge >= 0.3 is 0 Å². The molecule has 3 nitrogen and oxygen atoms in total. The first-order chi connectivity index (χ1) is 9.24. The van der Waals surface area contributed by atoms with Crippen LogP contribution in [-0.2, 0) is 0 Å². The highest BCUT2D eigenvalue weighted by Crippen LogP contribution is 2.22. The summed E-state index contributed by atoms with van der Waals surface area (Å²) in [6.07, 6.45) is 6.69. The molecule has 0 aromatic carbocycles. The van der Waals surface area contributed by atoms with E-state index in [0.717, 1.165) is 12.6 Å². The van der Waals surface area contributed by atoms with Crippen LogP contribution in [0.4, 0.5) is 0 Å². The fourth-order valence-electron chi connectivity index (χ4n) is 3.68. The number of fused-ring (bicyclic) bond motifs is 1. The number of rotatable bonds is 6. The minimum Gasteiger partial charge on any atom is -0.312 e. The quantitative estimate of drug-likeness (QED) is 0.797. The van der Waals surface area contributed by atoms with Gasteiger partial charge < -0.3 is 5.32 Å². The van der Waals surface area contributed by atoms with Gasteiger partial charge in [-0.25, -0.2) is 0 Å². The second-order valence-corrected chi connectivity index (χ2v) is 6.45. The molecule has 0 bridgehead atoms. The first kappa shape index (κ1) is 15.3. The molecule has 2 atom stereocenters. The van der Waals surface area contributed by atoms with Gasteiger partial charge in [0.1, 0.15) is 0 Å². The minimum atomic E-state index is 0.682. The van der Waals surface area contributed by atoms with Crippen molar-refractivity contribution in [1.82, 2.24) is 15.1 Å². The molecule has 0 aromatic rings. The Bertz CT molecular complexity index is 252. The van der Waals surface area contributed by atoms with Gasteiger partial charge in [0.05, 0.1) is 0 Å². The topological polar surface area (TPSA) is 18.5 Å². The van der Waals surface area contributed by atoms with E-state index in [1.54, 1.807) is 0 Å². The Labute approximate surface area is 119 Å². The van der Waals surface area contributed by atoms with Crippen molar-refractivity contribution in [2.24, 2.45) is 0 Å². The van der Waals surface area contributed by atoms with Crippen molar-refractivity contribution in [2.75, 3.05) is 32.7 Å². The fourth-order valence-corrected chi connectivity index (χ4v) is 3.68. The Morgan fingerprint density at radius 3 is 2.58 bits per heavy atom. The van der Waals surface area contributed by atoms with Crippen LogP contribution in [0.2, 0.25) is 0 Å². The standard InChI is InChI=1S/C16H33N3/c1-4-15(5-2)17-12-14(3)19-11-7-10-18-9-6-8-16(18)13-19/h14-17H,4-13H2,1-3H3. The van der Waals surface area contributed by atoms with Crippen molar-refractivity contribution < 1.29 is 0 Å². The molecular formula is C16H33N3. The van der Waals surface area contributed by atoms with E-state index in [1.165, 1.54) is 58.3 Å². The summed E-state index contributed by atoms with van der Waals surface area (Å²) in [6.45, 7) is 13.4. The molecule has 0 radical (unpaired) electrons. The van der Waals surface area contributed by atoms with Crippen molar-refractivity contribution in [1.29, 1.82) is 0 Å². The van der Waals surface area contributed by atoms with Crippen molar-refractivity contribution in [3.8, 4) is 0 Å².